The van der Waals surface area contributed by atoms with Gasteiger partial charge < -0.3 is 10.0 Å². The highest BCUT2D eigenvalue weighted by molar-refractivity contribution is 5.69. The number of aliphatic carboxylic acids is 1. The van der Waals surface area contributed by atoms with Gasteiger partial charge in [0.2, 0.25) is 0 Å². The lowest BCUT2D eigenvalue weighted by Crippen LogP contribution is -2.27. The topological polar surface area (TPSA) is 40.5 Å². The Balaban J connectivity index is 2.75. The van der Waals surface area contributed by atoms with Gasteiger partial charge in [-0.3, -0.25) is 4.79 Å². The van der Waals surface area contributed by atoms with Gasteiger partial charge >= 0.3 is 5.97 Å². The summed E-state index contributed by atoms with van der Waals surface area (Å²) in [6, 6.07) is 0. The normalized spacial score (nSPS) is 16.6. The van der Waals surface area contributed by atoms with Crippen molar-refractivity contribution in [3.63, 3.8) is 0 Å². The Morgan fingerprint density at radius 3 is 2.79 bits per heavy atom. The maximum Gasteiger partial charge on any atom is 0.323 e. The molecule has 14 heavy (non-hydrogen) atoms. The highest BCUT2D eigenvalue weighted by atomic mass is 16.4. The Morgan fingerprint density at radius 2 is 2.21 bits per heavy atom. The number of carboxylic acid groups (broad SMARTS) is 1. The monoisotopic (exact) mass is 195 g/mol. The molecule has 1 aliphatic rings. The molecule has 0 aromatic carbocycles. The van der Waals surface area contributed by atoms with Gasteiger partial charge in [0, 0.05) is 12.7 Å². The molecule has 0 bridgehead atoms. The lowest BCUT2D eigenvalue weighted by molar-refractivity contribution is -0.137. The molecule has 0 atom stereocenters. The van der Waals surface area contributed by atoms with Crippen LogP contribution in [0.15, 0.2) is 23.9 Å². The quantitative estimate of drug-likeness (QED) is 0.746. The molecular weight excluding hydrogens is 178 g/mol. The summed E-state index contributed by atoms with van der Waals surface area (Å²) in [6.45, 7) is 3.84. The Kier molecular flexibility index (Phi) is 3.74. The van der Waals surface area contributed by atoms with Crippen LogP contribution in [0.1, 0.15) is 25.7 Å². The molecule has 1 aliphatic carbocycles. The molecule has 3 heteroatoms. The van der Waals surface area contributed by atoms with Crippen LogP contribution in [0.4, 0.5) is 0 Å². The minimum Gasteiger partial charge on any atom is -0.480 e. The fourth-order valence-corrected chi connectivity index (χ4v) is 1.87. The molecule has 0 saturated heterocycles. The first-order valence-electron chi connectivity index (χ1n) is 4.92. The van der Waals surface area contributed by atoms with Crippen LogP contribution >= 0.6 is 0 Å². The van der Waals surface area contributed by atoms with Crippen molar-refractivity contribution in [1.29, 1.82) is 0 Å². The van der Waals surface area contributed by atoms with Gasteiger partial charge in [-0.1, -0.05) is 12.7 Å². The zero-order valence-electron chi connectivity index (χ0n) is 8.62. The van der Waals surface area contributed by atoms with Crippen molar-refractivity contribution in [1.82, 2.24) is 4.90 Å². The van der Waals surface area contributed by atoms with Crippen LogP contribution < -0.4 is 0 Å². The summed E-state index contributed by atoms with van der Waals surface area (Å²) >= 11 is 0. The fraction of sp³-hybridized carbons (Fsp3) is 0.545. The van der Waals surface area contributed by atoms with E-state index < -0.39 is 5.97 Å². The highest BCUT2D eigenvalue weighted by Crippen LogP contribution is 2.26. The lowest BCUT2D eigenvalue weighted by Gasteiger charge is -2.26. The van der Waals surface area contributed by atoms with Crippen LogP contribution in [0.25, 0.3) is 0 Å². The van der Waals surface area contributed by atoms with E-state index >= 15 is 0 Å². The second-order valence-electron chi connectivity index (χ2n) is 3.63. The van der Waals surface area contributed by atoms with Gasteiger partial charge in [-0.2, -0.15) is 0 Å². The second kappa shape index (κ2) is 4.84. The van der Waals surface area contributed by atoms with E-state index in [1.54, 1.807) is 0 Å². The van der Waals surface area contributed by atoms with E-state index in [-0.39, 0.29) is 6.54 Å². The number of hydrogen-bond donors (Lipinski definition) is 1. The zero-order valence-corrected chi connectivity index (χ0v) is 8.62. The molecule has 0 radical (unpaired) electrons. The molecule has 0 saturated carbocycles. The molecule has 1 N–H and O–H groups in total. The van der Waals surface area contributed by atoms with Crippen LogP contribution in [0.3, 0.4) is 0 Å². The van der Waals surface area contributed by atoms with Crippen LogP contribution in [0.2, 0.25) is 0 Å². The van der Waals surface area contributed by atoms with Crippen LogP contribution in [0.5, 0.6) is 0 Å². The third kappa shape index (κ3) is 2.62. The summed E-state index contributed by atoms with van der Waals surface area (Å²) in [6.07, 6.45) is 6.20. The maximum atomic E-state index is 10.6. The van der Waals surface area contributed by atoms with Gasteiger partial charge in [0.1, 0.15) is 6.54 Å². The van der Waals surface area contributed by atoms with E-state index in [4.69, 9.17) is 5.11 Å². The summed E-state index contributed by atoms with van der Waals surface area (Å²) in [5.41, 5.74) is 2.36. The Hall–Kier alpha value is -1.25. The van der Waals surface area contributed by atoms with Gasteiger partial charge in [0.05, 0.1) is 0 Å². The first-order valence-corrected chi connectivity index (χ1v) is 4.92. The number of likely N-dealkylation sites (N-methyl/N-ethyl adjacent to an activating group) is 1. The van der Waals surface area contributed by atoms with Gasteiger partial charge in [-0.25, -0.2) is 0 Å². The Labute approximate surface area is 84.7 Å². The summed E-state index contributed by atoms with van der Waals surface area (Å²) in [7, 11) is 1.83. The van der Waals surface area contributed by atoms with E-state index in [0.717, 1.165) is 25.0 Å². The first-order chi connectivity index (χ1) is 6.65. The maximum absolute atomic E-state index is 10.6. The number of hydrogen-bond acceptors (Lipinski definition) is 2. The standard InChI is InChI=1S/C11H17NO2/c1-3-9-6-4-5-7-10(9)12(2)8-11(13)14/h3H,1,4-8H2,2H3,(H,13,14). The molecule has 0 heterocycles. The van der Waals surface area contributed by atoms with Gasteiger partial charge in [-0.15, -0.1) is 0 Å². The van der Waals surface area contributed by atoms with E-state index in [2.05, 4.69) is 6.58 Å². The van der Waals surface area contributed by atoms with Crippen molar-refractivity contribution < 1.29 is 9.90 Å². The molecule has 0 fully saturated rings. The molecule has 0 aliphatic heterocycles. The summed E-state index contributed by atoms with van der Waals surface area (Å²) in [5.74, 6) is -0.783. The van der Waals surface area contributed by atoms with Crippen molar-refractivity contribution >= 4 is 5.97 Å². The van der Waals surface area contributed by atoms with E-state index in [1.807, 2.05) is 18.0 Å². The van der Waals surface area contributed by atoms with Gasteiger partial charge in [0.25, 0.3) is 0 Å². The number of allylic oxidation sites excluding steroid dienone is 3. The highest BCUT2D eigenvalue weighted by Gasteiger charge is 2.15. The molecule has 3 nitrogen and oxygen atoms in total. The number of rotatable bonds is 4. The predicted octanol–water partition coefficient (Wildman–Crippen LogP) is 2.02. The van der Waals surface area contributed by atoms with E-state index in [0.29, 0.717) is 0 Å². The summed E-state index contributed by atoms with van der Waals surface area (Å²) in [4.78, 5) is 12.4. The molecule has 0 aromatic heterocycles. The van der Waals surface area contributed by atoms with Gasteiger partial charge in [-0.05, 0) is 31.3 Å². The fourth-order valence-electron chi connectivity index (χ4n) is 1.87. The smallest absolute Gasteiger partial charge is 0.323 e. The largest absolute Gasteiger partial charge is 0.480 e. The SMILES string of the molecule is C=CC1=C(N(C)CC(=O)O)CCCC1. The van der Waals surface area contributed by atoms with Crippen molar-refractivity contribution in [3.05, 3.63) is 23.9 Å². The Morgan fingerprint density at radius 1 is 1.57 bits per heavy atom. The van der Waals surface area contributed by atoms with Crippen LogP contribution in [0, 0.1) is 0 Å². The van der Waals surface area contributed by atoms with E-state index in [9.17, 15) is 4.79 Å². The summed E-state index contributed by atoms with van der Waals surface area (Å²) in [5, 5.41) is 8.68. The number of carbonyl (C=O) groups is 1. The Bertz CT molecular complexity index is 268. The molecule has 78 valence electrons. The molecular formula is C11H17NO2. The summed E-state index contributed by atoms with van der Waals surface area (Å²) < 4.78 is 0. The van der Waals surface area contributed by atoms with E-state index in [1.165, 1.54) is 12.0 Å². The first kappa shape index (κ1) is 10.8. The zero-order chi connectivity index (χ0) is 10.6. The minimum atomic E-state index is -0.783. The molecule has 0 unspecified atom stereocenters. The van der Waals surface area contributed by atoms with Crippen molar-refractivity contribution in [3.8, 4) is 0 Å². The third-order valence-corrected chi connectivity index (χ3v) is 2.56. The van der Waals surface area contributed by atoms with Crippen molar-refractivity contribution in [2.45, 2.75) is 25.7 Å². The van der Waals surface area contributed by atoms with Crippen LogP contribution in [-0.4, -0.2) is 29.6 Å². The average molecular weight is 195 g/mol. The predicted molar refractivity (Wildman–Crippen MR) is 56.0 cm³/mol. The lowest BCUT2D eigenvalue weighted by atomic mass is 9.95. The van der Waals surface area contributed by atoms with Gasteiger partial charge in [0.15, 0.2) is 0 Å². The molecule has 0 spiro atoms. The average Bonchev–Trinajstić information content (AvgIpc) is 2.16. The molecule has 1 rings (SSSR count). The number of nitrogens with zero attached hydrogens (tertiary/aromatic N) is 1. The second-order valence-corrected chi connectivity index (χ2v) is 3.63. The van der Waals surface area contributed by atoms with Crippen LogP contribution in [-0.2, 0) is 4.79 Å². The molecule has 0 amide bonds. The van der Waals surface area contributed by atoms with Crippen molar-refractivity contribution in [2.24, 2.45) is 0 Å². The number of carboxylic acids is 1. The third-order valence-electron chi connectivity index (χ3n) is 2.56. The van der Waals surface area contributed by atoms with Crippen molar-refractivity contribution in [2.75, 3.05) is 13.6 Å². The minimum absolute atomic E-state index is 0.0761. The molecule has 0 aromatic rings.